The number of Topliss-reactive ketones (excluding diaryl/α,β-unsaturated/α-hetero) is 1. The van der Waals surface area contributed by atoms with Crippen molar-refractivity contribution in [2.45, 2.75) is 53.1 Å². The Bertz CT molecular complexity index is 265. The van der Waals surface area contributed by atoms with Crippen molar-refractivity contribution in [2.75, 3.05) is 6.61 Å². The van der Waals surface area contributed by atoms with E-state index in [9.17, 15) is 14.7 Å². The number of ketones is 1. The third-order valence-corrected chi connectivity index (χ3v) is 2.53. The molecular weight excluding hydrogens is 208 g/mol. The normalized spacial score (nSPS) is 15.4. The first-order valence-corrected chi connectivity index (χ1v) is 5.60. The second-order valence-corrected chi connectivity index (χ2v) is 4.96. The average molecular weight is 230 g/mol. The zero-order chi connectivity index (χ0) is 13.0. The van der Waals surface area contributed by atoms with Gasteiger partial charge >= 0.3 is 5.97 Å². The molecule has 0 aromatic rings. The van der Waals surface area contributed by atoms with Gasteiger partial charge in [0.2, 0.25) is 0 Å². The molecular formula is C12H22O4. The third kappa shape index (κ3) is 3.93. The molecule has 0 aromatic carbocycles. The molecule has 0 heterocycles. The van der Waals surface area contributed by atoms with Crippen molar-refractivity contribution in [1.82, 2.24) is 0 Å². The quantitative estimate of drug-likeness (QED) is 0.730. The Morgan fingerprint density at radius 3 is 2.00 bits per heavy atom. The van der Waals surface area contributed by atoms with Gasteiger partial charge in [0.05, 0.1) is 6.61 Å². The summed E-state index contributed by atoms with van der Waals surface area (Å²) < 4.78 is 4.77. The van der Waals surface area contributed by atoms with Crippen molar-refractivity contribution in [3.8, 4) is 0 Å². The smallest absolute Gasteiger partial charge is 0.338 e. The number of hydrogen-bond acceptors (Lipinski definition) is 4. The molecule has 0 rings (SSSR count). The fourth-order valence-electron chi connectivity index (χ4n) is 1.14. The fourth-order valence-corrected chi connectivity index (χ4v) is 1.14. The molecule has 1 atom stereocenters. The molecule has 0 radical (unpaired) electrons. The van der Waals surface area contributed by atoms with E-state index < -0.39 is 17.0 Å². The van der Waals surface area contributed by atoms with Crippen LogP contribution in [0.3, 0.4) is 0 Å². The molecule has 0 saturated carbocycles. The van der Waals surface area contributed by atoms with Gasteiger partial charge in [-0.1, -0.05) is 27.7 Å². The summed E-state index contributed by atoms with van der Waals surface area (Å²) in [4.78, 5) is 23.3. The lowest BCUT2D eigenvalue weighted by molar-refractivity contribution is -0.168. The molecule has 4 heteroatoms. The summed E-state index contributed by atoms with van der Waals surface area (Å²) in [6, 6.07) is 0. The highest BCUT2D eigenvalue weighted by Crippen LogP contribution is 2.25. The van der Waals surface area contributed by atoms with Gasteiger partial charge in [0.1, 0.15) is 5.78 Å². The largest absolute Gasteiger partial charge is 0.464 e. The van der Waals surface area contributed by atoms with Crippen LogP contribution in [0.5, 0.6) is 0 Å². The van der Waals surface area contributed by atoms with Crippen LogP contribution in [0.2, 0.25) is 0 Å². The highest BCUT2D eigenvalue weighted by Gasteiger charge is 2.40. The Labute approximate surface area is 97.0 Å². The zero-order valence-electron chi connectivity index (χ0n) is 10.8. The minimum atomic E-state index is -1.68. The van der Waals surface area contributed by atoms with Crippen LogP contribution in [0, 0.1) is 5.41 Å². The maximum Gasteiger partial charge on any atom is 0.338 e. The van der Waals surface area contributed by atoms with Crippen LogP contribution in [0.15, 0.2) is 0 Å². The van der Waals surface area contributed by atoms with E-state index >= 15 is 0 Å². The van der Waals surface area contributed by atoms with Crippen LogP contribution in [-0.2, 0) is 14.3 Å². The Morgan fingerprint density at radius 2 is 1.69 bits per heavy atom. The first kappa shape index (κ1) is 15.1. The highest BCUT2D eigenvalue weighted by molar-refractivity contribution is 5.91. The van der Waals surface area contributed by atoms with Gasteiger partial charge in [-0.3, -0.25) is 4.79 Å². The molecule has 0 amide bonds. The Hall–Kier alpha value is -0.900. The zero-order valence-corrected chi connectivity index (χ0v) is 10.8. The average Bonchev–Trinajstić information content (AvgIpc) is 2.16. The molecule has 0 aliphatic carbocycles. The summed E-state index contributed by atoms with van der Waals surface area (Å²) >= 11 is 0. The van der Waals surface area contributed by atoms with Gasteiger partial charge in [-0.2, -0.15) is 0 Å². The second-order valence-electron chi connectivity index (χ2n) is 4.96. The molecule has 1 unspecified atom stereocenters. The molecule has 94 valence electrons. The standard InChI is InChI=1S/C12H22O4/c1-6-12(15,10(14)16-7-2)8-9(13)11(3,4)5/h15H,6-8H2,1-5H3. The Morgan fingerprint density at radius 1 is 1.19 bits per heavy atom. The summed E-state index contributed by atoms with van der Waals surface area (Å²) in [5, 5.41) is 10.1. The first-order chi connectivity index (χ1) is 7.17. The molecule has 1 N–H and O–H groups in total. The van der Waals surface area contributed by atoms with Crippen molar-refractivity contribution >= 4 is 11.8 Å². The van der Waals surface area contributed by atoms with E-state index in [1.807, 2.05) is 0 Å². The van der Waals surface area contributed by atoms with Crippen molar-refractivity contribution < 1.29 is 19.4 Å². The number of esters is 1. The summed E-state index contributed by atoms with van der Waals surface area (Å²) in [5.41, 5.74) is -2.24. The number of rotatable bonds is 5. The van der Waals surface area contributed by atoms with Gasteiger partial charge in [0.15, 0.2) is 5.60 Å². The highest BCUT2D eigenvalue weighted by atomic mass is 16.5. The second kappa shape index (κ2) is 5.43. The lowest BCUT2D eigenvalue weighted by atomic mass is 9.82. The molecule has 0 saturated heterocycles. The van der Waals surface area contributed by atoms with Gasteiger partial charge < -0.3 is 9.84 Å². The van der Waals surface area contributed by atoms with E-state index in [2.05, 4.69) is 0 Å². The predicted octanol–water partition coefficient (Wildman–Crippen LogP) is 1.70. The number of hydrogen-bond donors (Lipinski definition) is 1. The first-order valence-electron chi connectivity index (χ1n) is 5.60. The molecule has 0 aromatic heterocycles. The van der Waals surface area contributed by atoms with E-state index in [1.165, 1.54) is 0 Å². The van der Waals surface area contributed by atoms with Gasteiger partial charge in [-0.15, -0.1) is 0 Å². The SMILES string of the molecule is CCOC(=O)C(O)(CC)CC(=O)C(C)(C)C. The molecule has 0 spiro atoms. The minimum Gasteiger partial charge on any atom is -0.464 e. The number of aliphatic hydroxyl groups is 1. The summed E-state index contributed by atoms with van der Waals surface area (Å²) in [6.07, 6.45) is -0.0144. The molecule has 16 heavy (non-hydrogen) atoms. The van der Waals surface area contributed by atoms with E-state index in [4.69, 9.17) is 4.74 Å². The summed E-state index contributed by atoms with van der Waals surface area (Å²) in [5.74, 6) is -0.861. The topological polar surface area (TPSA) is 63.6 Å². The fraction of sp³-hybridized carbons (Fsp3) is 0.833. The van der Waals surface area contributed by atoms with Gasteiger partial charge in [-0.05, 0) is 13.3 Å². The summed E-state index contributed by atoms with van der Waals surface area (Å²) in [7, 11) is 0. The van der Waals surface area contributed by atoms with Crippen LogP contribution in [0.25, 0.3) is 0 Å². The molecule has 0 bridgehead atoms. The monoisotopic (exact) mass is 230 g/mol. The van der Waals surface area contributed by atoms with Crippen molar-refractivity contribution in [3.63, 3.8) is 0 Å². The molecule has 0 aliphatic heterocycles. The lowest BCUT2D eigenvalue weighted by Crippen LogP contribution is -2.43. The van der Waals surface area contributed by atoms with Crippen LogP contribution < -0.4 is 0 Å². The number of carbonyl (C=O) groups is 2. The minimum absolute atomic E-state index is 0.148. The Balaban J connectivity index is 4.73. The van der Waals surface area contributed by atoms with E-state index in [0.717, 1.165) is 0 Å². The molecule has 4 nitrogen and oxygen atoms in total. The summed E-state index contributed by atoms with van der Waals surface area (Å²) in [6.45, 7) is 8.81. The van der Waals surface area contributed by atoms with Crippen LogP contribution >= 0.6 is 0 Å². The number of ether oxygens (including phenoxy) is 1. The van der Waals surface area contributed by atoms with Gasteiger partial charge in [-0.25, -0.2) is 4.79 Å². The third-order valence-electron chi connectivity index (χ3n) is 2.53. The van der Waals surface area contributed by atoms with Crippen LogP contribution in [0.4, 0.5) is 0 Å². The maximum atomic E-state index is 11.8. The van der Waals surface area contributed by atoms with Crippen LogP contribution in [0.1, 0.15) is 47.5 Å². The van der Waals surface area contributed by atoms with Gasteiger partial charge in [0, 0.05) is 11.8 Å². The van der Waals surface area contributed by atoms with E-state index in [1.54, 1.807) is 34.6 Å². The number of carbonyl (C=O) groups excluding carboxylic acids is 2. The lowest BCUT2D eigenvalue weighted by Gasteiger charge is -2.27. The van der Waals surface area contributed by atoms with Crippen LogP contribution in [-0.4, -0.2) is 29.1 Å². The van der Waals surface area contributed by atoms with Gasteiger partial charge in [0.25, 0.3) is 0 Å². The van der Waals surface area contributed by atoms with E-state index in [-0.39, 0.29) is 25.2 Å². The maximum absolute atomic E-state index is 11.8. The van der Waals surface area contributed by atoms with Crippen molar-refractivity contribution in [1.29, 1.82) is 0 Å². The van der Waals surface area contributed by atoms with E-state index in [0.29, 0.717) is 0 Å². The predicted molar refractivity (Wildman–Crippen MR) is 61.0 cm³/mol. The molecule has 0 fully saturated rings. The Kier molecular flexibility index (Phi) is 5.13. The van der Waals surface area contributed by atoms with Crippen molar-refractivity contribution in [2.24, 2.45) is 5.41 Å². The van der Waals surface area contributed by atoms with Crippen molar-refractivity contribution in [3.05, 3.63) is 0 Å². The molecule has 0 aliphatic rings.